The van der Waals surface area contributed by atoms with Crippen LogP contribution in [0.15, 0.2) is 24.3 Å². The average Bonchev–Trinajstić information content (AvgIpc) is 1.94. The molecule has 0 spiro atoms. The van der Waals surface area contributed by atoms with Crippen molar-refractivity contribution in [2.24, 2.45) is 5.92 Å². The van der Waals surface area contributed by atoms with Crippen molar-refractivity contribution in [2.75, 3.05) is 0 Å². The Morgan fingerprint density at radius 2 is 2.10 bits per heavy atom. The normalized spacial score (nSPS) is 33.4. The van der Waals surface area contributed by atoms with E-state index in [-0.39, 0.29) is 6.10 Å². The van der Waals surface area contributed by atoms with Crippen LogP contribution in [-0.2, 0) is 0 Å². The SMILES string of the molecule is C/C=C/[C@@H]1CC=CC[C@H]1O. The lowest BCUT2D eigenvalue weighted by Crippen LogP contribution is -2.19. The van der Waals surface area contributed by atoms with E-state index >= 15 is 0 Å². The van der Waals surface area contributed by atoms with Crippen LogP contribution in [0.4, 0.5) is 0 Å². The van der Waals surface area contributed by atoms with Gasteiger partial charge in [0.15, 0.2) is 0 Å². The highest BCUT2D eigenvalue weighted by Crippen LogP contribution is 2.19. The number of aliphatic hydroxyl groups excluding tert-OH is 1. The molecule has 0 amide bonds. The molecule has 1 N–H and O–H groups in total. The summed E-state index contributed by atoms with van der Waals surface area (Å²) in [4.78, 5) is 0. The number of hydrogen-bond acceptors (Lipinski definition) is 1. The van der Waals surface area contributed by atoms with E-state index in [1.54, 1.807) is 0 Å². The van der Waals surface area contributed by atoms with Crippen molar-refractivity contribution >= 4 is 0 Å². The maximum absolute atomic E-state index is 9.40. The molecule has 0 aromatic carbocycles. The summed E-state index contributed by atoms with van der Waals surface area (Å²) >= 11 is 0. The summed E-state index contributed by atoms with van der Waals surface area (Å²) in [6.45, 7) is 1.99. The summed E-state index contributed by atoms with van der Waals surface area (Å²) in [5, 5.41) is 9.40. The third-order valence-electron chi connectivity index (χ3n) is 1.89. The monoisotopic (exact) mass is 138 g/mol. The van der Waals surface area contributed by atoms with Crippen LogP contribution < -0.4 is 0 Å². The maximum Gasteiger partial charge on any atom is 0.0640 e. The minimum atomic E-state index is -0.152. The van der Waals surface area contributed by atoms with Gasteiger partial charge in [0.05, 0.1) is 6.10 Å². The lowest BCUT2D eigenvalue weighted by molar-refractivity contribution is 0.129. The van der Waals surface area contributed by atoms with Crippen molar-refractivity contribution < 1.29 is 5.11 Å². The lowest BCUT2D eigenvalue weighted by Gasteiger charge is -2.20. The second-order valence-electron chi connectivity index (χ2n) is 2.70. The van der Waals surface area contributed by atoms with E-state index in [9.17, 15) is 5.11 Å². The standard InChI is InChI=1S/C9H14O/c1-2-5-8-6-3-4-7-9(8)10/h2-5,8-10H,6-7H2,1H3/b5-2+/t8-,9-/m1/s1. The van der Waals surface area contributed by atoms with Gasteiger partial charge < -0.3 is 5.11 Å². The molecule has 0 heterocycles. The van der Waals surface area contributed by atoms with Gasteiger partial charge in [0.2, 0.25) is 0 Å². The summed E-state index contributed by atoms with van der Waals surface area (Å²) in [6.07, 6.45) is 9.92. The fourth-order valence-corrected chi connectivity index (χ4v) is 1.27. The first-order chi connectivity index (χ1) is 4.84. The van der Waals surface area contributed by atoms with Crippen LogP contribution in [0, 0.1) is 5.92 Å². The lowest BCUT2D eigenvalue weighted by atomic mass is 9.91. The second kappa shape index (κ2) is 3.57. The van der Waals surface area contributed by atoms with E-state index < -0.39 is 0 Å². The molecule has 1 nitrogen and oxygen atoms in total. The zero-order valence-electron chi connectivity index (χ0n) is 6.33. The van der Waals surface area contributed by atoms with Crippen molar-refractivity contribution in [3.63, 3.8) is 0 Å². The van der Waals surface area contributed by atoms with Gasteiger partial charge in [-0.2, -0.15) is 0 Å². The summed E-state index contributed by atoms with van der Waals surface area (Å²) in [5.74, 6) is 0.356. The predicted octanol–water partition coefficient (Wildman–Crippen LogP) is 1.89. The molecular formula is C9H14O. The molecule has 0 aromatic rings. The zero-order valence-corrected chi connectivity index (χ0v) is 6.33. The number of aliphatic hydroxyl groups is 1. The molecule has 2 atom stereocenters. The first-order valence-electron chi connectivity index (χ1n) is 3.80. The topological polar surface area (TPSA) is 20.2 Å². The first kappa shape index (κ1) is 7.55. The Morgan fingerprint density at radius 3 is 2.70 bits per heavy atom. The van der Waals surface area contributed by atoms with Crippen molar-refractivity contribution in [3.05, 3.63) is 24.3 Å². The quantitative estimate of drug-likeness (QED) is 0.548. The molecule has 0 unspecified atom stereocenters. The molecule has 0 bridgehead atoms. The van der Waals surface area contributed by atoms with Gasteiger partial charge in [-0.05, 0) is 19.8 Å². The van der Waals surface area contributed by atoms with Crippen LogP contribution >= 0.6 is 0 Å². The van der Waals surface area contributed by atoms with Crippen molar-refractivity contribution in [3.8, 4) is 0 Å². The Hall–Kier alpha value is -0.560. The van der Waals surface area contributed by atoms with Crippen molar-refractivity contribution in [2.45, 2.75) is 25.9 Å². The summed E-state index contributed by atoms with van der Waals surface area (Å²) in [5.41, 5.74) is 0. The van der Waals surface area contributed by atoms with Crippen LogP contribution in [0.3, 0.4) is 0 Å². The molecule has 0 radical (unpaired) electrons. The molecule has 0 saturated carbocycles. The maximum atomic E-state index is 9.40. The highest BCUT2D eigenvalue weighted by atomic mass is 16.3. The van der Waals surface area contributed by atoms with Crippen LogP contribution in [0.1, 0.15) is 19.8 Å². The van der Waals surface area contributed by atoms with E-state index in [1.165, 1.54) is 0 Å². The van der Waals surface area contributed by atoms with E-state index in [0.29, 0.717) is 5.92 Å². The molecular weight excluding hydrogens is 124 g/mol. The molecule has 0 aromatic heterocycles. The highest BCUT2D eigenvalue weighted by molar-refractivity contribution is 5.01. The van der Waals surface area contributed by atoms with Gasteiger partial charge in [-0.15, -0.1) is 0 Å². The largest absolute Gasteiger partial charge is 0.392 e. The Morgan fingerprint density at radius 1 is 1.40 bits per heavy atom. The van der Waals surface area contributed by atoms with Gasteiger partial charge >= 0.3 is 0 Å². The third-order valence-corrected chi connectivity index (χ3v) is 1.89. The van der Waals surface area contributed by atoms with Crippen LogP contribution in [0.5, 0.6) is 0 Å². The summed E-state index contributed by atoms with van der Waals surface area (Å²) < 4.78 is 0. The Balaban J connectivity index is 2.50. The van der Waals surface area contributed by atoms with Crippen LogP contribution in [0.2, 0.25) is 0 Å². The summed E-state index contributed by atoms with van der Waals surface area (Å²) in [7, 11) is 0. The third kappa shape index (κ3) is 1.71. The van der Waals surface area contributed by atoms with Crippen molar-refractivity contribution in [1.82, 2.24) is 0 Å². The minimum absolute atomic E-state index is 0.152. The van der Waals surface area contributed by atoms with Crippen molar-refractivity contribution in [1.29, 1.82) is 0 Å². The van der Waals surface area contributed by atoms with Crippen LogP contribution in [-0.4, -0.2) is 11.2 Å². The van der Waals surface area contributed by atoms with E-state index in [0.717, 1.165) is 12.8 Å². The Bertz CT molecular complexity index is 147. The minimum Gasteiger partial charge on any atom is -0.392 e. The van der Waals surface area contributed by atoms with Gasteiger partial charge in [-0.25, -0.2) is 0 Å². The Labute approximate surface area is 62.1 Å². The highest BCUT2D eigenvalue weighted by Gasteiger charge is 2.15. The summed E-state index contributed by atoms with van der Waals surface area (Å²) in [6, 6.07) is 0. The fourth-order valence-electron chi connectivity index (χ4n) is 1.27. The number of rotatable bonds is 1. The van der Waals surface area contributed by atoms with E-state index in [2.05, 4.69) is 12.2 Å². The number of allylic oxidation sites excluding steroid dienone is 2. The molecule has 1 aliphatic carbocycles. The molecule has 1 heteroatoms. The molecule has 1 rings (SSSR count). The molecule has 10 heavy (non-hydrogen) atoms. The van der Waals surface area contributed by atoms with Gasteiger partial charge in [-0.3, -0.25) is 0 Å². The average molecular weight is 138 g/mol. The fraction of sp³-hybridized carbons (Fsp3) is 0.556. The first-order valence-corrected chi connectivity index (χ1v) is 3.80. The molecule has 56 valence electrons. The molecule has 0 saturated heterocycles. The predicted molar refractivity (Wildman–Crippen MR) is 42.7 cm³/mol. The zero-order chi connectivity index (χ0) is 7.40. The van der Waals surface area contributed by atoms with Gasteiger partial charge in [0.25, 0.3) is 0 Å². The molecule has 0 aliphatic heterocycles. The second-order valence-corrected chi connectivity index (χ2v) is 2.70. The molecule has 1 aliphatic rings. The van der Waals surface area contributed by atoms with E-state index in [4.69, 9.17) is 0 Å². The van der Waals surface area contributed by atoms with E-state index in [1.807, 2.05) is 19.1 Å². The Kier molecular flexibility index (Phi) is 2.69. The number of hydrogen-bond donors (Lipinski definition) is 1. The van der Waals surface area contributed by atoms with Gasteiger partial charge in [0.1, 0.15) is 0 Å². The molecule has 0 fully saturated rings. The smallest absolute Gasteiger partial charge is 0.0640 e. The van der Waals surface area contributed by atoms with Gasteiger partial charge in [0, 0.05) is 5.92 Å². The van der Waals surface area contributed by atoms with Crippen LogP contribution in [0.25, 0.3) is 0 Å². The van der Waals surface area contributed by atoms with Gasteiger partial charge in [-0.1, -0.05) is 24.3 Å².